The Balaban J connectivity index is 1.84. The van der Waals surface area contributed by atoms with Crippen LogP contribution < -0.4 is 10.1 Å². The number of hydrogen-bond acceptors (Lipinski definition) is 2. The van der Waals surface area contributed by atoms with Crippen molar-refractivity contribution < 1.29 is 4.74 Å². The molecule has 0 radical (unpaired) electrons. The summed E-state index contributed by atoms with van der Waals surface area (Å²) in [6.45, 7) is 0. The number of nitrogens with one attached hydrogen (secondary N) is 1. The van der Waals surface area contributed by atoms with Gasteiger partial charge in [-0.1, -0.05) is 64.5 Å². The number of benzene rings is 3. The minimum atomic E-state index is -0.210. The molecule has 1 heterocycles. The molecule has 0 aromatic heterocycles. The summed E-state index contributed by atoms with van der Waals surface area (Å²) in [4.78, 5) is 0. The normalized spacial score (nSPS) is 15.8. The first-order chi connectivity index (χ1) is 10.8. The molecule has 0 fully saturated rings. The molecular weight excluding hydrogens is 338 g/mol. The van der Waals surface area contributed by atoms with E-state index < -0.39 is 0 Å². The van der Waals surface area contributed by atoms with Gasteiger partial charge in [0.25, 0.3) is 0 Å². The Hall–Kier alpha value is -2.26. The summed E-state index contributed by atoms with van der Waals surface area (Å²) in [7, 11) is 0. The third-order valence-electron chi connectivity index (χ3n) is 3.81. The van der Waals surface area contributed by atoms with Gasteiger partial charge in [-0.25, -0.2) is 0 Å². The van der Waals surface area contributed by atoms with Crippen LogP contribution in [0.15, 0.2) is 77.3 Å². The van der Waals surface area contributed by atoms with Gasteiger partial charge in [-0.15, -0.1) is 0 Å². The van der Waals surface area contributed by atoms with Gasteiger partial charge < -0.3 is 10.1 Å². The highest BCUT2D eigenvalue weighted by molar-refractivity contribution is 9.10. The minimum Gasteiger partial charge on any atom is -0.466 e. The van der Waals surface area contributed by atoms with Crippen molar-refractivity contribution in [1.82, 2.24) is 0 Å². The van der Waals surface area contributed by atoms with Gasteiger partial charge in [0.1, 0.15) is 5.75 Å². The molecule has 108 valence electrons. The van der Waals surface area contributed by atoms with E-state index in [0.717, 1.165) is 32.6 Å². The molecule has 1 aliphatic heterocycles. The SMILES string of the molecule is Brc1ccc(C2Nc3ccccc3-c3ccccc3O2)cc1. The van der Waals surface area contributed by atoms with Crippen molar-refractivity contribution >= 4 is 21.6 Å². The van der Waals surface area contributed by atoms with E-state index in [1.165, 1.54) is 0 Å². The smallest absolute Gasteiger partial charge is 0.196 e. The molecule has 0 aliphatic carbocycles. The highest BCUT2D eigenvalue weighted by atomic mass is 79.9. The maximum atomic E-state index is 6.24. The first kappa shape index (κ1) is 13.4. The van der Waals surface area contributed by atoms with Gasteiger partial charge in [0, 0.05) is 26.9 Å². The van der Waals surface area contributed by atoms with E-state index in [9.17, 15) is 0 Å². The van der Waals surface area contributed by atoms with Gasteiger partial charge in [0.05, 0.1) is 0 Å². The molecule has 3 aromatic carbocycles. The second-order valence-electron chi connectivity index (χ2n) is 5.24. The van der Waals surface area contributed by atoms with Crippen LogP contribution in [0.4, 0.5) is 5.69 Å². The standard InChI is InChI=1S/C19H14BrNO/c20-14-11-9-13(10-12-14)19-21-17-7-3-1-5-15(17)16-6-2-4-8-18(16)22-19/h1-12,19,21H. The molecule has 1 N–H and O–H groups in total. The molecule has 22 heavy (non-hydrogen) atoms. The number of hydrogen-bond donors (Lipinski definition) is 1. The fraction of sp³-hybridized carbons (Fsp3) is 0.0526. The number of fused-ring (bicyclic) bond motifs is 3. The summed E-state index contributed by atoms with van der Waals surface area (Å²) in [5, 5.41) is 3.50. The summed E-state index contributed by atoms with van der Waals surface area (Å²) < 4.78 is 7.30. The van der Waals surface area contributed by atoms with Crippen LogP contribution in [0.5, 0.6) is 5.75 Å². The first-order valence-electron chi connectivity index (χ1n) is 7.18. The highest BCUT2D eigenvalue weighted by Gasteiger charge is 2.22. The zero-order valence-corrected chi connectivity index (χ0v) is 13.4. The topological polar surface area (TPSA) is 21.3 Å². The van der Waals surface area contributed by atoms with Gasteiger partial charge >= 0.3 is 0 Å². The van der Waals surface area contributed by atoms with Crippen molar-refractivity contribution in [2.45, 2.75) is 6.23 Å². The third-order valence-corrected chi connectivity index (χ3v) is 4.34. The highest BCUT2D eigenvalue weighted by Crippen LogP contribution is 2.41. The van der Waals surface area contributed by atoms with Gasteiger partial charge in [-0.2, -0.15) is 0 Å². The first-order valence-corrected chi connectivity index (χ1v) is 7.98. The zero-order chi connectivity index (χ0) is 14.9. The van der Waals surface area contributed by atoms with E-state index in [1.807, 2.05) is 36.4 Å². The predicted octanol–water partition coefficient (Wildman–Crippen LogP) is 5.62. The van der Waals surface area contributed by atoms with Crippen LogP contribution in [0, 0.1) is 0 Å². The second kappa shape index (κ2) is 5.50. The van der Waals surface area contributed by atoms with E-state index in [1.54, 1.807) is 0 Å². The van der Waals surface area contributed by atoms with Crippen molar-refractivity contribution in [3.8, 4) is 16.9 Å². The second-order valence-corrected chi connectivity index (χ2v) is 6.15. The largest absolute Gasteiger partial charge is 0.466 e. The Kier molecular flexibility index (Phi) is 3.35. The Morgan fingerprint density at radius 2 is 1.45 bits per heavy atom. The van der Waals surface area contributed by atoms with E-state index in [4.69, 9.17) is 4.74 Å². The Labute approximate surface area is 137 Å². The van der Waals surface area contributed by atoms with Crippen LogP contribution in [0.2, 0.25) is 0 Å². The van der Waals surface area contributed by atoms with Crippen molar-refractivity contribution in [3.63, 3.8) is 0 Å². The van der Waals surface area contributed by atoms with Crippen molar-refractivity contribution in [2.24, 2.45) is 0 Å². The lowest BCUT2D eigenvalue weighted by Gasteiger charge is -2.20. The number of para-hydroxylation sites is 2. The molecular formula is C19H14BrNO. The maximum Gasteiger partial charge on any atom is 0.196 e. The monoisotopic (exact) mass is 351 g/mol. The number of ether oxygens (including phenoxy) is 1. The van der Waals surface area contributed by atoms with Crippen molar-refractivity contribution in [1.29, 1.82) is 0 Å². The molecule has 0 bridgehead atoms. The number of rotatable bonds is 1. The van der Waals surface area contributed by atoms with Crippen LogP contribution in [0.1, 0.15) is 11.8 Å². The van der Waals surface area contributed by atoms with Gasteiger partial charge in [0.15, 0.2) is 6.23 Å². The number of anilines is 1. The van der Waals surface area contributed by atoms with Crippen molar-refractivity contribution in [2.75, 3.05) is 5.32 Å². The van der Waals surface area contributed by atoms with E-state index in [0.29, 0.717) is 0 Å². The number of halogens is 1. The van der Waals surface area contributed by atoms with E-state index in [-0.39, 0.29) is 6.23 Å². The summed E-state index contributed by atoms with van der Waals surface area (Å²) in [6, 6.07) is 24.7. The average molecular weight is 352 g/mol. The van der Waals surface area contributed by atoms with Gasteiger partial charge in [-0.05, 0) is 24.3 Å². The third kappa shape index (κ3) is 2.38. The predicted molar refractivity (Wildman–Crippen MR) is 93.0 cm³/mol. The Bertz CT molecular complexity index is 766. The molecule has 3 aromatic rings. The van der Waals surface area contributed by atoms with Crippen LogP contribution in [-0.4, -0.2) is 0 Å². The Morgan fingerprint density at radius 1 is 0.773 bits per heavy atom. The lowest BCUT2D eigenvalue weighted by Crippen LogP contribution is -2.16. The zero-order valence-electron chi connectivity index (χ0n) is 11.8. The maximum absolute atomic E-state index is 6.24. The Morgan fingerprint density at radius 3 is 2.27 bits per heavy atom. The molecule has 1 atom stereocenters. The van der Waals surface area contributed by atoms with Crippen LogP contribution in [0.3, 0.4) is 0 Å². The fourth-order valence-corrected chi connectivity index (χ4v) is 2.99. The summed E-state index contributed by atoms with van der Waals surface area (Å²) in [5.74, 6) is 0.896. The van der Waals surface area contributed by atoms with E-state index >= 15 is 0 Å². The van der Waals surface area contributed by atoms with Crippen LogP contribution in [0.25, 0.3) is 11.1 Å². The van der Waals surface area contributed by atoms with Crippen molar-refractivity contribution in [3.05, 3.63) is 82.8 Å². The fourth-order valence-electron chi connectivity index (χ4n) is 2.72. The quantitative estimate of drug-likeness (QED) is 0.614. The average Bonchev–Trinajstić information content (AvgIpc) is 2.72. The molecule has 4 rings (SSSR count). The van der Waals surface area contributed by atoms with Gasteiger partial charge in [-0.3, -0.25) is 0 Å². The molecule has 0 spiro atoms. The summed E-state index contributed by atoms with van der Waals surface area (Å²) in [5.41, 5.74) is 4.46. The van der Waals surface area contributed by atoms with E-state index in [2.05, 4.69) is 57.6 Å². The lowest BCUT2D eigenvalue weighted by atomic mass is 10.0. The molecule has 0 saturated heterocycles. The summed E-state index contributed by atoms with van der Waals surface area (Å²) in [6.07, 6.45) is -0.210. The van der Waals surface area contributed by atoms with Crippen LogP contribution >= 0.6 is 15.9 Å². The van der Waals surface area contributed by atoms with Gasteiger partial charge in [0.2, 0.25) is 0 Å². The lowest BCUT2D eigenvalue weighted by molar-refractivity contribution is 0.238. The molecule has 1 aliphatic rings. The molecule has 0 amide bonds. The molecule has 3 heteroatoms. The minimum absolute atomic E-state index is 0.210. The van der Waals surface area contributed by atoms with Crippen LogP contribution in [-0.2, 0) is 0 Å². The molecule has 2 nitrogen and oxygen atoms in total. The summed E-state index contributed by atoms with van der Waals surface area (Å²) >= 11 is 3.48. The molecule has 1 unspecified atom stereocenters. The molecule has 0 saturated carbocycles.